The minimum Gasteiger partial charge on any atom is -0.504 e. The zero-order chi connectivity index (χ0) is 46.3. The number of phenolic OH excluding ortho intramolecular Hbond substituents is 1. The lowest BCUT2D eigenvalue weighted by Crippen LogP contribution is -2.48. The van der Waals surface area contributed by atoms with Crippen LogP contribution in [0.4, 0.5) is 0 Å². The molecule has 0 spiro atoms. The maximum Gasteiger partial charge on any atom is 0.188 e. The molecule has 14 heteroatoms. The summed E-state index contributed by atoms with van der Waals surface area (Å²) in [4.78, 5) is 7.75. The van der Waals surface area contributed by atoms with Crippen molar-refractivity contribution in [2.24, 2.45) is 63.8 Å². The number of aromatic hydroxyl groups is 1. The molecular formula is C52H80N6O6S2. The number of aromatic amines is 1. The Bertz CT molecular complexity index is 2040. The molecule has 3 aromatic rings. The molecule has 366 valence electrons. The minimum absolute atomic E-state index is 0.00592. The van der Waals surface area contributed by atoms with Crippen molar-refractivity contribution >= 4 is 27.5 Å². The molecule has 66 heavy (non-hydrogen) atoms. The number of benzene rings is 1. The van der Waals surface area contributed by atoms with Gasteiger partial charge in [-0.15, -0.1) is 0 Å². The number of hydrogen-bond donors (Lipinski definition) is 9. The zero-order valence-electron chi connectivity index (χ0n) is 39.8. The van der Waals surface area contributed by atoms with Gasteiger partial charge in [-0.3, -0.25) is 4.99 Å². The number of fused-ring (bicyclic) bond motifs is 2. The standard InChI is InChI=1S/C52H80N6O6S2/c1-30-7-14-39-35-19-32(9-15-40(39)43(44(53)22-35)28-65-66-29-47(30)58-52(54)55-3)11-18-50-36(26-59)21-37(64-50)13-8-33-10-17-48(61)51(20-33)63-27-49(62)46-23-41-42(25-56-24-31(2)60)38-6-4-5-34(38)12-16-45(41)57-46/h10,17,20-21,23,30-32,34-35,38-40,42-44,47,49,56-57,59-62H,4-9,11-16,18-19,22,24-29,53H2,1-3H3,(H3,54,55,58)/t30-,31-,32-,34+,35+,38-,39+,40+,42-,43-,44+,47-,49-/m0/s1. The topological polar surface area (TPSA) is 208 Å². The molecule has 3 heterocycles. The number of aliphatic imine (C=N–C) groups is 1. The highest BCUT2D eigenvalue weighted by Gasteiger charge is 2.46. The van der Waals surface area contributed by atoms with Gasteiger partial charge in [-0.05, 0) is 154 Å². The van der Waals surface area contributed by atoms with E-state index in [-0.39, 0.29) is 25.0 Å². The van der Waals surface area contributed by atoms with E-state index >= 15 is 0 Å². The third-order valence-corrected chi connectivity index (χ3v) is 19.2. The first-order valence-corrected chi connectivity index (χ1v) is 27.9. The minimum atomic E-state index is -0.883. The van der Waals surface area contributed by atoms with Crippen molar-refractivity contribution in [3.05, 3.63) is 69.9 Å². The van der Waals surface area contributed by atoms with Crippen LogP contribution in [0.1, 0.15) is 136 Å². The Balaban J connectivity index is 0.853. The number of aryl methyl sites for hydroxylation is 4. The number of aliphatic hydroxyl groups excluding tert-OH is 3. The van der Waals surface area contributed by atoms with Crippen molar-refractivity contribution in [1.82, 2.24) is 15.6 Å². The van der Waals surface area contributed by atoms with Gasteiger partial charge in [0.1, 0.15) is 24.2 Å². The number of phenols is 1. The Kier molecular flexibility index (Phi) is 17.4. The van der Waals surface area contributed by atoms with Crippen molar-refractivity contribution in [3.63, 3.8) is 0 Å². The Morgan fingerprint density at radius 2 is 1.79 bits per heavy atom. The molecule has 4 bridgehead atoms. The lowest BCUT2D eigenvalue weighted by atomic mass is 9.62. The predicted octanol–water partition coefficient (Wildman–Crippen LogP) is 7.76. The fraction of sp³-hybridized carbons (Fsp3) is 0.712. The van der Waals surface area contributed by atoms with Crippen molar-refractivity contribution in [3.8, 4) is 11.5 Å². The van der Waals surface area contributed by atoms with Crippen molar-refractivity contribution in [1.29, 1.82) is 0 Å². The van der Waals surface area contributed by atoms with Gasteiger partial charge in [-0.25, -0.2) is 0 Å². The van der Waals surface area contributed by atoms with Crippen LogP contribution in [0.25, 0.3) is 0 Å². The van der Waals surface area contributed by atoms with E-state index in [9.17, 15) is 20.4 Å². The van der Waals surface area contributed by atoms with Crippen molar-refractivity contribution in [2.75, 3.05) is 38.2 Å². The van der Waals surface area contributed by atoms with Gasteiger partial charge in [0, 0.05) is 79.4 Å². The number of furan rings is 1. The van der Waals surface area contributed by atoms with Crippen LogP contribution >= 0.6 is 21.6 Å². The van der Waals surface area contributed by atoms with E-state index in [0.29, 0.717) is 84.5 Å². The molecule has 13 atom stereocenters. The average molecular weight is 949 g/mol. The molecule has 5 aliphatic rings. The molecule has 8 rings (SSSR count). The number of guanidine groups is 1. The third kappa shape index (κ3) is 12.1. The van der Waals surface area contributed by atoms with E-state index < -0.39 is 12.2 Å². The smallest absolute Gasteiger partial charge is 0.188 e. The van der Waals surface area contributed by atoms with Gasteiger partial charge in [-0.1, -0.05) is 53.8 Å². The van der Waals surface area contributed by atoms with Crippen molar-refractivity contribution in [2.45, 2.75) is 147 Å². The predicted molar refractivity (Wildman–Crippen MR) is 268 cm³/mol. The SMILES string of the molecule is CN=C(N)N[C@H]1CSSC[C@H]2[C@@H]3CC[C@@H](CCc4oc(CCc5ccc(O)c(OC[C@H](O)c6cc7c([nH]6)CC[C@H]6CCC[C@@H]6[C@@H]7CNC[C@H](C)O)c5)cc4CO)C[C@H](C[C@H]2N)[C@H]3CC[C@@H]1C. The van der Waals surface area contributed by atoms with Crippen LogP contribution in [0.5, 0.6) is 11.5 Å². The summed E-state index contributed by atoms with van der Waals surface area (Å²) in [6.45, 7) is 5.53. The van der Waals surface area contributed by atoms with E-state index in [1.54, 1.807) is 13.1 Å². The van der Waals surface area contributed by atoms with Crippen LogP contribution in [0.2, 0.25) is 0 Å². The number of aromatic nitrogens is 1. The monoisotopic (exact) mass is 949 g/mol. The summed E-state index contributed by atoms with van der Waals surface area (Å²) >= 11 is 0. The van der Waals surface area contributed by atoms with Gasteiger partial charge < -0.3 is 56.7 Å². The van der Waals surface area contributed by atoms with Gasteiger partial charge in [0.25, 0.3) is 0 Å². The van der Waals surface area contributed by atoms with E-state index in [1.807, 2.05) is 46.7 Å². The quantitative estimate of drug-likeness (QED) is 0.0384. The van der Waals surface area contributed by atoms with E-state index in [4.69, 9.17) is 20.6 Å². The summed E-state index contributed by atoms with van der Waals surface area (Å²) in [5, 5.41) is 49.5. The highest BCUT2D eigenvalue weighted by molar-refractivity contribution is 8.76. The number of aliphatic hydroxyl groups is 3. The average Bonchev–Trinajstić information content (AvgIpc) is 4.02. The molecule has 0 amide bonds. The van der Waals surface area contributed by atoms with Crippen LogP contribution in [0.3, 0.4) is 0 Å². The molecule has 3 saturated carbocycles. The summed E-state index contributed by atoms with van der Waals surface area (Å²) in [6, 6.07) is 10.1. The van der Waals surface area contributed by atoms with Crippen LogP contribution in [-0.4, -0.2) is 87.8 Å². The third-order valence-electron chi connectivity index (χ3n) is 16.7. The Labute approximate surface area is 401 Å². The molecule has 4 fully saturated rings. The summed E-state index contributed by atoms with van der Waals surface area (Å²) in [5.41, 5.74) is 18.3. The molecule has 12 nitrogen and oxygen atoms in total. The van der Waals surface area contributed by atoms with Gasteiger partial charge >= 0.3 is 0 Å². The van der Waals surface area contributed by atoms with Crippen LogP contribution in [0, 0.1) is 47.3 Å². The van der Waals surface area contributed by atoms with Crippen LogP contribution < -0.4 is 26.8 Å². The summed E-state index contributed by atoms with van der Waals surface area (Å²) in [7, 11) is 5.71. The second-order valence-corrected chi connectivity index (χ2v) is 23.5. The maximum absolute atomic E-state index is 11.4. The van der Waals surface area contributed by atoms with E-state index in [1.165, 1.54) is 62.6 Å². The van der Waals surface area contributed by atoms with Gasteiger partial charge in [0.15, 0.2) is 17.5 Å². The highest BCUT2D eigenvalue weighted by atomic mass is 33.1. The Morgan fingerprint density at radius 3 is 2.61 bits per heavy atom. The highest BCUT2D eigenvalue weighted by Crippen LogP contribution is 2.52. The normalized spacial score (nSPS) is 31.4. The molecule has 2 aromatic heterocycles. The first kappa shape index (κ1) is 49.6. The zero-order valence-corrected chi connectivity index (χ0v) is 41.4. The maximum atomic E-state index is 11.4. The van der Waals surface area contributed by atoms with Crippen molar-refractivity contribution < 1.29 is 29.6 Å². The summed E-state index contributed by atoms with van der Waals surface area (Å²) in [5.74, 6) is 10.2. The number of nitrogens with two attached hydrogens (primary N) is 2. The lowest BCUT2D eigenvalue weighted by molar-refractivity contribution is 0.0714. The molecule has 4 aliphatic carbocycles. The molecular weight excluding hydrogens is 869 g/mol. The lowest BCUT2D eigenvalue weighted by Gasteiger charge is -2.46. The first-order valence-electron chi connectivity index (χ1n) is 25.4. The summed E-state index contributed by atoms with van der Waals surface area (Å²) < 4.78 is 12.6. The summed E-state index contributed by atoms with van der Waals surface area (Å²) in [6.07, 6.45) is 15.1. The van der Waals surface area contributed by atoms with Crippen LogP contribution in [-0.2, 0) is 32.3 Å². The van der Waals surface area contributed by atoms with Gasteiger partial charge in [0.05, 0.1) is 12.7 Å². The largest absolute Gasteiger partial charge is 0.504 e. The van der Waals surface area contributed by atoms with Crippen LogP contribution in [0.15, 0.2) is 39.7 Å². The van der Waals surface area contributed by atoms with E-state index in [0.717, 1.165) is 84.4 Å². The molecule has 1 aromatic carbocycles. The Hall–Kier alpha value is -2.85. The molecule has 0 unspecified atom stereocenters. The fourth-order valence-electron chi connectivity index (χ4n) is 13.0. The second kappa shape index (κ2) is 23.2. The first-order chi connectivity index (χ1) is 32.0. The fourth-order valence-corrected chi connectivity index (χ4v) is 15.9. The van der Waals surface area contributed by atoms with Gasteiger partial charge in [-0.2, -0.15) is 0 Å². The van der Waals surface area contributed by atoms with Gasteiger partial charge in [0.2, 0.25) is 0 Å². The number of hydrogen-bond acceptors (Lipinski definition) is 11. The number of nitrogens with zero attached hydrogens (tertiary/aromatic N) is 1. The second-order valence-electron chi connectivity index (χ2n) is 21.0. The molecule has 1 saturated heterocycles. The number of nitrogens with one attached hydrogen (secondary N) is 3. The Morgan fingerprint density at radius 1 is 0.955 bits per heavy atom. The molecule has 11 N–H and O–H groups in total. The number of H-pyrrole nitrogens is 1. The molecule has 0 radical (unpaired) electrons. The number of rotatable bonds is 16. The molecule has 1 aliphatic heterocycles. The number of ether oxygens (including phenoxy) is 1. The van der Waals surface area contributed by atoms with E-state index in [2.05, 4.69) is 33.6 Å².